The molecular weight excluding hydrogens is 351 g/mol. The highest BCUT2D eigenvalue weighted by molar-refractivity contribution is 7.89. The second-order valence-corrected chi connectivity index (χ2v) is 7.50. The quantitative estimate of drug-likeness (QED) is 0.837. The van der Waals surface area contributed by atoms with Crippen LogP contribution in [0.5, 0.6) is 0 Å². The number of amides is 1. The van der Waals surface area contributed by atoms with E-state index < -0.39 is 15.8 Å². The lowest BCUT2D eigenvalue weighted by Gasteiger charge is -2.33. The minimum absolute atomic E-state index is 0.0612. The molecule has 1 saturated heterocycles. The number of nitrogens with one attached hydrogen (secondary N) is 1. The Labute approximate surface area is 144 Å². The van der Waals surface area contributed by atoms with Crippen molar-refractivity contribution < 1.29 is 22.1 Å². The van der Waals surface area contributed by atoms with Gasteiger partial charge in [-0.25, -0.2) is 12.8 Å². The van der Waals surface area contributed by atoms with Crippen LogP contribution < -0.4 is 5.32 Å². The van der Waals surface area contributed by atoms with Crippen LogP contribution >= 0.6 is 0 Å². The van der Waals surface area contributed by atoms with Crippen molar-refractivity contribution in [2.24, 2.45) is 0 Å². The molecule has 25 heavy (non-hydrogen) atoms. The van der Waals surface area contributed by atoms with Gasteiger partial charge in [-0.15, -0.1) is 0 Å². The maximum atomic E-state index is 13.0. The van der Waals surface area contributed by atoms with Gasteiger partial charge in [-0.1, -0.05) is 5.16 Å². The Bertz CT molecular complexity index is 816. The fourth-order valence-electron chi connectivity index (χ4n) is 2.55. The van der Waals surface area contributed by atoms with E-state index in [0.29, 0.717) is 18.9 Å². The van der Waals surface area contributed by atoms with Gasteiger partial charge >= 0.3 is 0 Å². The van der Waals surface area contributed by atoms with Crippen molar-refractivity contribution in [1.29, 1.82) is 0 Å². The van der Waals surface area contributed by atoms with Crippen molar-refractivity contribution in [3.05, 3.63) is 42.4 Å². The molecule has 10 heteroatoms. The Morgan fingerprint density at radius 3 is 2.44 bits per heavy atom. The van der Waals surface area contributed by atoms with Crippen LogP contribution in [0.1, 0.15) is 0 Å². The summed E-state index contributed by atoms with van der Waals surface area (Å²) in [4.78, 5) is 13.8. The summed E-state index contributed by atoms with van der Waals surface area (Å²) in [6, 6.07) is 6.28. The Hall–Kier alpha value is -2.30. The number of hydrogen-bond acceptors (Lipinski definition) is 6. The van der Waals surface area contributed by atoms with Crippen LogP contribution in [0.15, 0.2) is 46.0 Å². The van der Waals surface area contributed by atoms with Gasteiger partial charge in [-0.2, -0.15) is 4.31 Å². The topological polar surface area (TPSA) is 95.8 Å². The first-order chi connectivity index (χ1) is 11.9. The third-order valence-corrected chi connectivity index (χ3v) is 5.77. The monoisotopic (exact) mass is 368 g/mol. The number of benzene rings is 1. The smallest absolute Gasteiger partial charge is 0.243 e. The average molecular weight is 368 g/mol. The fraction of sp³-hybridized carbons (Fsp3) is 0.333. The van der Waals surface area contributed by atoms with Crippen LogP contribution in [0.4, 0.5) is 10.2 Å². The van der Waals surface area contributed by atoms with Crippen molar-refractivity contribution in [1.82, 2.24) is 14.4 Å². The second kappa shape index (κ2) is 7.30. The maximum Gasteiger partial charge on any atom is 0.243 e. The average Bonchev–Trinajstić information content (AvgIpc) is 3.08. The van der Waals surface area contributed by atoms with Crippen LogP contribution in [0.25, 0.3) is 0 Å². The van der Waals surface area contributed by atoms with Gasteiger partial charge in [-0.3, -0.25) is 9.69 Å². The number of rotatable bonds is 5. The zero-order chi connectivity index (χ0) is 17.9. The number of nitrogens with zero attached hydrogens (tertiary/aromatic N) is 3. The highest BCUT2D eigenvalue weighted by atomic mass is 32.2. The lowest BCUT2D eigenvalue weighted by Crippen LogP contribution is -2.50. The number of hydrogen-bond donors (Lipinski definition) is 1. The van der Waals surface area contributed by atoms with Crippen molar-refractivity contribution in [3.8, 4) is 0 Å². The predicted octanol–water partition coefficient (Wildman–Crippen LogP) is 0.759. The maximum absolute atomic E-state index is 13.0. The van der Waals surface area contributed by atoms with E-state index in [2.05, 4.69) is 15.0 Å². The van der Waals surface area contributed by atoms with E-state index in [9.17, 15) is 17.6 Å². The van der Waals surface area contributed by atoms with Crippen LogP contribution in [0.2, 0.25) is 0 Å². The van der Waals surface area contributed by atoms with E-state index in [-0.39, 0.29) is 30.4 Å². The van der Waals surface area contributed by atoms with Crippen molar-refractivity contribution in [3.63, 3.8) is 0 Å². The molecule has 1 fully saturated rings. The van der Waals surface area contributed by atoms with Crippen LogP contribution in [-0.4, -0.2) is 61.4 Å². The summed E-state index contributed by atoms with van der Waals surface area (Å²) < 4.78 is 44.0. The first-order valence-electron chi connectivity index (χ1n) is 7.63. The zero-order valence-electron chi connectivity index (χ0n) is 13.3. The van der Waals surface area contributed by atoms with Crippen LogP contribution in [0.3, 0.4) is 0 Å². The molecule has 0 bridgehead atoms. The molecule has 0 unspecified atom stereocenters. The van der Waals surface area contributed by atoms with E-state index in [1.807, 2.05) is 4.90 Å². The summed E-state index contributed by atoms with van der Waals surface area (Å²) >= 11 is 0. The first kappa shape index (κ1) is 17.5. The minimum Gasteiger partial charge on any atom is -0.363 e. The fourth-order valence-corrected chi connectivity index (χ4v) is 3.97. The normalized spacial score (nSPS) is 16.7. The van der Waals surface area contributed by atoms with Gasteiger partial charge in [0.2, 0.25) is 15.9 Å². The largest absolute Gasteiger partial charge is 0.363 e. The molecule has 2 heterocycles. The second-order valence-electron chi connectivity index (χ2n) is 5.57. The van der Waals surface area contributed by atoms with Gasteiger partial charge in [0.15, 0.2) is 5.82 Å². The van der Waals surface area contributed by atoms with Crippen LogP contribution in [-0.2, 0) is 14.8 Å². The third kappa shape index (κ3) is 4.21. The molecule has 1 aliphatic heterocycles. The highest BCUT2D eigenvalue weighted by Crippen LogP contribution is 2.18. The SMILES string of the molecule is O=C(CN1CCN(S(=O)(=O)c2ccc(F)cc2)CC1)Nc1ccon1. The van der Waals surface area contributed by atoms with E-state index in [0.717, 1.165) is 12.1 Å². The Morgan fingerprint density at radius 2 is 1.84 bits per heavy atom. The molecule has 0 spiro atoms. The summed E-state index contributed by atoms with van der Waals surface area (Å²) in [7, 11) is -3.65. The Morgan fingerprint density at radius 1 is 1.16 bits per heavy atom. The van der Waals surface area contributed by atoms with E-state index in [1.165, 1.54) is 28.8 Å². The summed E-state index contributed by atoms with van der Waals surface area (Å²) in [5, 5.41) is 6.18. The van der Waals surface area contributed by atoms with Crippen molar-refractivity contribution in [2.75, 3.05) is 38.0 Å². The molecule has 1 N–H and O–H groups in total. The van der Waals surface area contributed by atoms with E-state index >= 15 is 0 Å². The van der Waals surface area contributed by atoms with Gasteiger partial charge in [0, 0.05) is 32.2 Å². The summed E-state index contributed by atoms with van der Waals surface area (Å²) in [6.45, 7) is 1.50. The zero-order valence-corrected chi connectivity index (χ0v) is 14.1. The minimum atomic E-state index is -3.65. The molecule has 1 aromatic heterocycles. The number of sulfonamides is 1. The predicted molar refractivity (Wildman–Crippen MR) is 86.7 cm³/mol. The lowest BCUT2D eigenvalue weighted by molar-refractivity contribution is -0.117. The molecule has 8 nitrogen and oxygen atoms in total. The van der Waals surface area contributed by atoms with Crippen molar-refractivity contribution >= 4 is 21.7 Å². The molecule has 134 valence electrons. The Balaban J connectivity index is 1.54. The summed E-state index contributed by atoms with van der Waals surface area (Å²) in [6.07, 6.45) is 1.36. The molecule has 1 amide bonds. The van der Waals surface area contributed by atoms with Crippen LogP contribution in [0, 0.1) is 5.82 Å². The third-order valence-electron chi connectivity index (χ3n) is 3.86. The van der Waals surface area contributed by atoms with Gasteiger partial charge in [0.25, 0.3) is 0 Å². The molecule has 3 rings (SSSR count). The number of piperazine rings is 1. The van der Waals surface area contributed by atoms with Crippen molar-refractivity contribution in [2.45, 2.75) is 4.90 Å². The Kier molecular flexibility index (Phi) is 5.11. The molecule has 2 aromatic rings. The van der Waals surface area contributed by atoms with Gasteiger partial charge < -0.3 is 9.84 Å². The summed E-state index contributed by atoms with van der Waals surface area (Å²) in [5.41, 5.74) is 0. The van der Waals surface area contributed by atoms with E-state index in [1.54, 1.807) is 0 Å². The molecule has 0 aliphatic carbocycles. The first-order valence-corrected chi connectivity index (χ1v) is 9.07. The van der Waals surface area contributed by atoms with Gasteiger partial charge in [0.05, 0.1) is 11.4 Å². The summed E-state index contributed by atoms with van der Waals surface area (Å²) in [5.74, 6) is -0.395. The number of halogens is 1. The number of carbonyl (C=O) groups excluding carboxylic acids is 1. The molecule has 0 atom stereocenters. The molecule has 0 radical (unpaired) electrons. The highest BCUT2D eigenvalue weighted by Gasteiger charge is 2.29. The molecule has 1 aliphatic rings. The number of aromatic nitrogens is 1. The standard InChI is InChI=1S/C15H17FN4O4S/c16-12-1-3-13(4-2-12)25(22,23)20-8-6-19(7-9-20)11-15(21)17-14-5-10-24-18-14/h1-5,10H,6-9,11H2,(H,17,18,21). The number of carbonyl (C=O) groups is 1. The number of anilines is 1. The lowest BCUT2D eigenvalue weighted by atomic mass is 10.3. The molecule has 1 aromatic carbocycles. The molecule has 0 saturated carbocycles. The molecular formula is C15H17FN4O4S. The van der Waals surface area contributed by atoms with Gasteiger partial charge in [0.1, 0.15) is 12.1 Å². The van der Waals surface area contributed by atoms with Gasteiger partial charge in [-0.05, 0) is 24.3 Å². The van der Waals surface area contributed by atoms with E-state index in [4.69, 9.17) is 0 Å².